The summed E-state index contributed by atoms with van der Waals surface area (Å²) < 4.78 is 10.5. The molecule has 0 aliphatic carbocycles. The summed E-state index contributed by atoms with van der Waals surface area (Å²) in [7, 11) is 3.24. The average Bonchev–Trinajstić information content (AvgIpc) is 2.52. The molecule has 22 heavy (non-hydrogen) atoms. The van der Waals surface area contributed by atoms with Crippen LogP contribution in [-0.4, -0.2) is 25.3 Å². The van der Waals surface area contributed by atoms with Crippen LogP contribution in [0.5, 0.6) is 11.5 Å². The van der Waals surface area contributed by atoms with Crippen molar-refractivity contribution in [2.24, 2.45) is 0 Å². The van der Waals surface area contributed by atoms with Crippen molar-refractivity contribution in [2.75, 3.05) is 14.2 Å². The van der Waals surface area contributed by atoms with Gasteiger partial charge in [-0.3, -0.25) is 0 Å². The minimum Gasteiger partial charge on any atom is -0.493 e. The number of benzene rings is 2. The number of aryl methyl sites for hydroxylation is 3. The van der Waals surface area contributed by atoms with Gasteiger partial charge in [0.25, 0.3) is 0 Å². The summed E-state index contributed by atoms with van der Waals surface area (Å²) in [6.07, 6.45) is 1.70. The largest absolute Gasteiger partial charge is 0.493 e. The normalized spacial score (nSPS) is 10.3. The first-order valence-corrected chi connectivity index (χ1v) is 7.09. The molecule has 0 saturated heterocycles. The van der Waals surface area contributed by atoms with Crippen molar-refractivity contribution in [3.63, 3.8) is 0 Å². The molecule has 0 atom stereocenters. The molecule has 0 bridgehead atoms. The fraction of sp³-hybridized carbons (Fsp3) is 0.278. The summed E-state index contributed by atoms with van der Waals surface area (Å²) in [6, 6.07) is 11.4. The zero-order valence-corrected chi connectivity index (χ0v) is 13.1. The number of ether oxygens (including phenoxy) is 2. The third-order valence-electron chi connectivity index (χ3n) is 3.67. The van der Waals surface area contributed by atoms with Gasteiger partial charge in [0.1, 0.15) is 0 Å². The van der Waals surface area contributed by atoms with Crippen LogP contribution in [0.3, 0.4) is 0 Å². The summed E-state index contributed by atoms with van der Waals surface area (Å²) in [5.74, 6) is 0.550. The predicted molar refractivity (Wildman–Crippen MR) is 85.1 cm³/mol. The molecule has 0 radical (unpaired) electrons. The molecule has 4 heteroatoms. The summed E-state index contributed by atoms with van der Waals surface area (Å²) in [5, 5.41) is 9.05. The van der Waals surface area contributed by atoms with E-state index in [1.165, 1.54) is 0 Å². The lowest BCUT2D eigenvalue weighted by molar-refractivity contribution is 0.0696. The maximum absolute atomic E-state index is 11.0. The Morgan fingerprint density at radius 3 is 2.09 bits per heavy atom. The van der Waals surface area contributed by atoms with E-state index in [9.17, 15) is 4.79 Å². The molecular formula is C18H20O4. The highest BCUT2D eigenvalue weighted by Crippen LogP contribution is 2.28. The molecular weight excluding hydrogens is 280 g/mol. The second-order valence-electron chi connectivity index (χ2n) is 5.14. The first kappa shape index (κ1) is 15.9. The van der Waals surface area contributed by atoms with Crippen LogP contribution >= 0.6 is 0 Å². The number of aromatic carboxylic acids is 1. The highest BCUT2D eigenvalue weighted by molar-refractivity contribution is 5.89. The molecule has 0 aromatic heterocycles. The van der Waals surface area contributed by atoms with E-state index in [1.54, 1.807) is 20.3 Å². The number of carbonyl (C=O) groups is 1. The Bertz CT molecular complexity index is 677. The molecule has 0 fully saturated rings. The van der Waals surface area contributed by atoms with Gasteiger partial charge in [-0.05, 0) is 54.7 Å². The third kappa shape index (κ3) is 3.58. The predicted octanol–water partition coefficient (Wildman–Crippen LogP) is 3.50. The molecule has 2 aromatic rings. The van der Waals surface area contributed by atoms with Crippen LogP contribution in [0, 0.1) is 6.92 Å². The van der Waals surface area contributed by atoms with E-state index >= 15 is 0 Å². The maximum Gasteiger partial charge on any atom is 0.335 e. The Balaban J connectivity index is 2.10. The van der Waals surface area contributed by atoms with Crippen molar-refractivity contribution in [3.05, 3.63) is 58.7 Å². The Kier molecular flexibility index (Phi) is 5.04. The zero-order valence-electron chi connectivity index (χ0n) is 13.1. The number of methoxy groups -OCH3 is 2. The van der Waals surface area contributed by atoms with Crippen molar-refractivity contribution in [3.8, 4) is 11.5 Å². The SMILES string of the molecule is COc1ccc(CCc2ccc(C(=O)O)c(C)c2)cc1OC. The Hall–Kier alpha value is -2.49. The molecule has 1 N–H and O–H groups in total. The van der Waals surface area contributed by atoms with E-state index in [0.717, 1.165) is 35.3 Å². The fourth-order valence-electron chi connectivity index (χ4n) is 2.45. The van der Waals surface area contributed by atoms with Gasteiger partial charge in [0.15, 0.2) is 11.5 Å². The molecule has 2 rings (SSSR count). The van der Waals surface area contributed by atoms with Crippen molar-refractivity contribution in [1.29, 1.82) is 0 Å². The minimum absolute atomic E-state index is 0.356. The van der Waals surface area contributed by atoms with Crippen LogP contribution in [0.2, 0.25) is 0 Å². The van der Waals surface area contributed by atoms with Crippen LogP contribution in [-0.2, 0) is 12.8 Å². The van der Waals surface area contributed by atoms with Gasteiger partial charge in [0, 0.05) is 0 Å². The van der Waals surface area contributed by atoms with Crippen LogP contribution in [0.15, 0.2) is 36.4 Å². The highest BCUT2D eigenvalue weighted by Gasteiger charge is 2.08. The molecule has 0 spiro atoms. The lowest BCUT2D eigenvalue weighted by atomic mass is 10.00. The molecule has 0 aliphatic heterocycles. The van der Waals surface area contributed by atoms with Crippen LogP contribution < -0.4 is 9.47 Å². The monoisotopic (exact) mass is 300 g/mol. The molecule has 4 nitrogen and oxygen atoms in total. The lowest BCUT2D eigenvalue weighted by Crippen LogP contribution is -2.01. The zero-order chi connectivity index (χ0) is 16.1. The van der Waals surface area contributed by atoms with Gasteiger partial charge < -0.3 is 14.6 Å². The molecule has 116 valence electrons. The second kappa shape index (κ2) is 6.98. The fourth-order valence-corrected chi connectivity index (χ4v) is 2.45. The van der Waals surface area contributed by atoms with Gasteiger partial charge in [-0.2, -0.15) is 0 Å². The number of carboxylic acids is 1. The standard InChI is InChI=1S/C18H20O4/c1-12-10-13(6-8-15(12)18(19)20)4-5-14-7-9-16(21-2)17(11-14)22-3/h6-11H,4-5H2,1-3H3,(H,19,20). The van der Waals surface area contributed by atoms with Crippen LogP contribution in [0.4, 0.5) is 0 Å². The van der Waals surface area contributed by atoms with Crippen LogP contribution in [0.25, 0.3) is 0 Å². The van der Waals surface area contributed by atoms with E-state index in [0.29, 0.717) is 11.3 Å². The minimum atomic E-state index is -0.885. The van der Waals surface area contributed by atoms with Gasteiger partial charge in [-0.25, -0.2) is 4.79 Å². The van der Waals surface area contributed by atoms with Crippen molar-refractivity contribution >= 4 is 5.97 Å². The summed E-state index contributed by atoms with van der Waals surface area (Å²) in [5.41, 5.74) is 3.42. The maximum atomic E-state index is 11.0. The lowest BCUT2D eigenvalue weighted by Gasteiger charge is -2.10. The molecule has 0 aliphatic rings. The average molecular weight is 300 g/mol. The first-order chi connectivity index (χ1) is 10.5. The molecule has 0 unspecified atom stereocenters. The van der Waals surface area contributed by atoms with E-state index in [1.807, 2.05) is 37.3 Å². The number of hydrogen-bond donors (Lipinski definition) is 1. The summed E-state index contributed by atoms with van der Waals surface area (Å²) >= 11 is 0. The van der Waals surface area contributed by atoms with Crippen molar-refractivity contribution < 1.29 is 19.4 Å². The number of hydrogen-bond acceptors (Lipinski definition) is 3. The Labute approximate surface area is 130 Å². The van der Waals surface area contributed by atoms with E-state index < -0.39 is 5.97 Å². The van der Waals surface area contributed by atoms with Crippen molar-refractivity contribution in [1.82, 2.24) is 0 Å². The van der Waals surface area contributed by atoms with Gasteiger partial charge in [0.2, 0.25) is 0 Å². The second-order valence-corrected chi connectivity index (χ2v) is 5.14. The van der Waals surface area contributed by atoms with E-state index in [4.69, 9.17) is 14.6 Å². The number of carboxylic acid groups (broad SMARTS) is 1. The van der Waals surface area contributed by atoms with Gasteiger partial charge in [0.05, 0.1) is 19.8 Å². The van der Waals surface area contributed by atoms with E-state index in [2.05, 4.69) is 0 Å². The van der Waals surface area contributed by atoms with Crippen molar-refractivity contribution in [2.45, 2.75) is 19.8 Å². The number of rotatable bonds is 6. The van der Waals surface area contributed by atoms with Gasteiger partial charge >= 0.3 is 5.97 Å². The molecule has 0 heterocycles. The molecule has 0 amide bonds. The molecule has 2 aromatic carbocycles. The quantitative estimate of drug-likeness (QED) is 0.887. The molecule has 0 saturated carbocycles. The summed E-state index contributed by atoms with van der Waals surface area (Å²) in [6.45, 7) is 1.82. The third-order valence-corrected chi connectivity index (χ3v) is 3.67. The van der Waals surface area contributed by atoms with E-state index in [-0.39, 0.29) is 0 Å². The van der Waals surface area contributed by atoms with Gasteiger partial charge in [-0.15, -0.1) is 0 Å². The smallest absolute Gasteiger partial charge is 0.335 e. The van der Waals surface area contributed by atoms with Crippen LogP contribution in [0.1, 0.15) is 27.0 Å². The Morgan fingerprint density at radius 2 is 1.55 bits per heavy atom. The first-order valence-electron chi connectivity index (χ1n) is 7.09. The highest BCUT2D eigenvalue weighted by atomic mass is 16.5. The summed E-state index contributed by atoms with van der Waals surface area (Å²) in [4.78, 5) is 11.0. The topological polar surface area (TPSA) is 55.8 Å². The van der Waals surface area contributed by atoms with Gasteiger partial charge in [-0.1, -0.05) is 18.2 Å². The Morgan fingerprint density at radius 1 is 0.955 bits per heavy atom.